The molecule has 1 heterocycles. The summed E-state index contributed by atoms with van der Waals surface area (Å²) in [5.41, 5.74) is 8.08. The Morgan fingerprint density at radius 1 is 0.886 bits per heavy atom. The van der Waals surface area contributed by atoms with Crippen molar-refractivity contribution in [3.8, 4) is 0 Å². The topological polar surface area (TPSA) is 32.8 Å². The summed E-state index contributed by atoms with van der Waals surface area (Å²) in [5.74, 6) is 0.0865. The van der Waals surface area contributed by atoms with Gasteiger partial charge in [0.2, 0.25) is 0 Å². The molecule has 4 rings (SSSR count). The highest BCUT2D eigenvalue weighted by molar-refractivity contribution is 7.01. The van der Waals surface area contributed by atoms with Gasteiger partial charge in [-0.3, -0.25) is 4.79 Å². The summed E-state index contributed by atoms with van der Waals surface area (Å²) in [4.78, 5) is 16.0. The molecule has 3 aromatic rings. The Bertz CT molecular complexity index is 1230. The van der Waals surface area contributed by atoms with Crippen LogP contribution in [0.25, 0.3) is 0 Å². The molecule has 1 aliphatic rings. The number of aryl methyl sites for hydroxylation is 1. The molecule has 5 heteroatoms. The molecule has 35 heavy (non-hydrogen) atoms. The Morgan fingerprint density at radius 3 is 2.09 bits per heavy atom. The van der Waals surface area contributed by atoms with Gasteiger partial charge in [0.25, 0.3) is 0 Å². The van der Waals surface area contributed by atoms with Gasteiger partial charge in [0.05, 0.1) is 7.11 Å². The highest BCUT2D eigenvalue weighted by atomic mass is 28.3. The fourth-order valence-electron chi connectivity index (χ4n) is 5.44. The predicted molar refractivity (Wildman–Crippen MR) is 151 cm³/mol. The van der Waals surface area contributed by atoms with E-state index in [0.717, 1.165) is 13.0 Å². The van der Waals surface area contributed by atoms with Gasteiger partial charge in [0, 0.05) is 51.4 Å². The maximum Gasteiger partial charge on any atom is 0.305 e. The van der Waals surface area contributed by atoms with Gasteiger partial charge >= 0.3 is 5.97 Å². The second-order valence-corrected chi connectivity index (χ2v) is 14.8. The summed E-state index contributed by atoms with van der Waals surface area (Å²) in [7, 11) is 5.85. The second kappa shape index (κ2) is 9.90. The van der Waals surface area contributed by atoms with Crippen LogP contribution in [-0.4, -0.2) is 48.8 Å². The van der Waals surface area contributed by atoms with E-state index < -0.39 is 8.07 Å². The Hall–Kier alpha value is -3.05. The van der Waals surface area contributed by atoms with Crippen molar-refractivity contribution in [1.82, 2.24) is 0 Å². The Morgan fingerprint density at radius 2 is 1.49 bits per heavy atom. The number of fused-ring (bicyclic) bond motifs is 2. The zero-order valence-electron chi connectivity index (χ0n) is 22.2. The van der Waals surface area contributed by atoms with Crippen LogP contribution in [0.4, 0.5) is 11.4 Å². The number of nitrogens with zero attached hydrogens (tertiary/aromatic N) is 2. The molecule has 1 aliphatic heterocycles. The highest BCUT2D eigenvalue weighted by Crippen LogP contribution is 2.38. The molecule has 0 amide bonds. The fourth-order valence-corrected chi connectivity index (χ4v) is 8.65. The lowest BCUT2D eigenvalue weighted by Crippen LogP contribution is -2.59. The molecule has 0 aliphatic carbocycles. The number of carbonyl (C=O) groups is 1. The largest absolute Gasteiger partial charge is 0.469 e. The van der Waals surface area contributed by atoms with E-state index in [1.807, 2.05) is 0 Å². The molecule has 0 radical (unpaired) electrons. The average molecular weight is 487 g/mol. The van der Waals surface area contributed by atoms with Crippen LogP contribution in [0.5, 0.6) is 0 Å². The van der Waals surface area contributed by atoms with Crippen LogP contribution in [-0.2, 0) is 9.53 Å². The van der Waals surface area contributed by atoms with E-state index >= 15 is 0 Å². The van der Waals surface area contributed by atoms with E-state index in [9.17, 15) is 4.79 Å². The van der Waals surface area contributed by atoms with Crippen LogP contribution in [0.15, 0.2) is 60.7 Å². The van der Waals surface area contributed by atoms with Crippen LogP contribution in [0.3, 0.4) is 0 Å². The van der Waals surface area contributed by atoms with E-state index in [-0.39, 0.29) is 11.9 Å². The van der Waals surface area contributed by atoms with E-state index in [0.29, 0.717) is 6.42 Å². The standard InChI is InChI=1S/C30H38N2O2Si/c1-21-11-8-9-12-24(21)30-25-16-14-22(31(2)3)19-27(25)35(6,7)28-20-23(15-17-26(28)30)32(4)18-10-13-29(33)34-5/h8-9,11-12,14-17,19-20,30H,10,13,18H2,1-7H3. The van der Waals surface area contributed by atoms with Crippen molar-refractivity contribution < 1.29 is 9.53 Å². The third-order valence-electron chi connectivity index (χ3n) is 7.60. The van der Waals surface area contributed by atoms with Crippen LogP contribution < -0.4 is 20.2 Å². The number of esters is 1. The van der Waals surface area contributed by atoms with Crippen molar-refractivity contribution in [3.05, 3.63) is 82.9 Å². The molecule has 0 fully saturated rings. The van der Waals surface area contributed by atoms with Crippen LogP contribution in [0.2, 0.25) is 13.1 Å². The van der Waals surface area contributed by atoms with Crippen molar-refractivity contribution >= 4 is 35.8 Å². The van der Waals surface area contributed by atoms with Gasteiger partial charge < -0.3 is 14.5 Å². The summed E-state index contributed by atoms with van der Waals surface area (Å²) in [6, 6.07) is 22.9. The molecule has 1 atom stereocenters. The van der Waals surface area contributed by atoms with Gasteiger partial charge in [-0.25, -0.2) is 0 Å². The summed E-state index contributed by atoms with van der Waals surface area (Å²) in [6.45, 7) is 8.01. The van der Waals surface area contributed by atoms with Crippen LogP contribution >= 0.6 is 0 Å². The summed E-state index contributed by atoms with van der Waals surface area (Å²) >= 11 is 0. The van der Waals surface area contributed by atoms with Crippen molar-refractivity contribution in [2.24, 2.45) is 0 Å². The van der Waals surface area contributed by atoms with Gasteiger partial charge in [-0.05, 0) is 70.2 Å². The van der Waals surface area contributed by atoms with Gasteiger partial charge in [-0.2, -0.15) is 0 Å². The number of anilines is 2. The lowest BCUT2D eigenvalue weighted by Gasteiger charge is -2.40. The lowest BCUT2D eigenvalue weighted by atomic mass is 9.82. The quantitative estimate of drug-likeness (QED) is 0.356. The monoisotopic (exact) mass is 486 g/mol. The van der Waals surface area contributed by atoms with Gasteiger partial charge in [0.1, 0.15) is 8.07 Å². The third kappa shape index (κ3) is 4.74. The number of hydrogen-bond acceptors (Lipinski definition) is 4. The van der Waals surface area contributed by atoms with Crippen LogP contribution in [0, 0.1) is 6.92 Å². The number of benzene rings is 3. The Labute approximate surface area is 211 Å². The van der Waals surface area contributed by atoms with Crippen molar-refractivity contribution in [2.75, 3.05) is 44.6 Å². The maximum atomic E-state index is 11.6. The van der Waals surface area contributed by atoms with Crippen molar-refractivity contribution in [2.45, 2.75) is 38.8 Å². The molecule has 3 aromatic carbocycles. The smallest absolute Gasteiger partial charge is 0.305 e. The average Bonchev–Trinajstić information content (AvgIpc) is 2.84. The minimum absolute atomic E-state index is 0.147. The first-order valence-corrected chi connectivity index (χ1v) is 15.4. The molecule has 0 N–H and O–H groups in total. The minimum Gasteiger partial charge on any atom is -0.469 e. The number of methoxy groups -OCH3 is 1. The Balaban J connectivity index is 1.82. The highest BCUT2D eigenvalue weighted by Gasteiger charge is 2.40. The molecule has 0 saturated carbocycles. The molecule has 184 valence electrons. The number of ether oxygens (including phenoxy) is 1. The van der Waals surface area contributed by atoms with Crippen molar-refractivity contribution in [1.29, 1.82) is 0 Å². The van der Waals surface area contributed by atoms with E-state index in [4.69, 9.17) is 4.74 Å². The molecular weight excluding hydrogens is 448 g/mol. The zero-order valence-corrected chi connectivity index (χ0v) is 23.2. The first-order valence-electron chi connectivity index (χ1n) is 12.4. The number of hydrogen-bond donors (Lipinski definition) is 0. The summed E-state index contributed by atoms with van der Waals surface area (Å²) < 4.78 is 4.81. The van der Waals surface area contributed by atoms with Gasteiger partial charge in [0.15, 0.2) is 0 Å². The summed E-state index contributed by atoms with van der Waals surface area (Å²) in [6.07, 6.45) is 1.23. The molecule has 1 unspecified atom stereocenters. The first-order chi connectivity index (χ1) is 16.6. The number of rotatable bonds is 7. The number of carbonyl (C=O) groups excluding carboxylic acids is 1. The molecule has 0 aromatic heterocycles. The normalized spacial score (nSPS) is 15.7. The Kier molecular flexibility index (Phi) is 7.09. The van der Waals surface area contributed by atoms with Crippen molar-refractivity contribution in [3.63, 3.8) is 0 Å². The molecular formula is C30H38N2O2Si. The maximum absolute atomic E-state index is 11.6. The molecule has 4 nitrogen and oxygen atoms in total. The van der Waals surface area contributed by atoms with Crippen LogP contribution in [0.1, 0.15) is 41.0 Å². The second-order valence-electron chi connectivity index (χ2n) is 10.5. The predicted octanol–water partition coefficient (Wildman–Crippen LogP) is 4.77. The first kappa shape index (κ1) is 25.1. The van der Waals surface area contributed by atoms with E-state index in [1.165, 1.54) is 51.1 Å². The van der Waals surface area contributed by atoms with Gasteiger partial charge in [-0.1, -0.05) is 49.5 Å². The SMILES string of the molecule is COC(=O)CCCN(C)c1ccc2c(c1)[Si](C)(C)c1cc(N(C)C)ccc1C2c1ccccc1C. The third-order valence-corrected chi connectivity index (χ3v) is 11.2. The van der Waals surface area contributed by atoms with E-state index in [2.05, 4.69) is 112 Å². The van der Waals surface area contributed by atoms with E-state index in [1.54, 1.807) is 0 Å². The molecule has 0 spiro atoms. The molecule has 0 saturated heterocycles. The van der Waals surface area contributed by atoms with Gasteiger partial charge in [-0.15, -0.1) is 0 Å². The molecule has 0 bridgehead atoms. The summed E-state index contributed by atoms with van der Waals surface area (Å²) in [5, 5.41) is 3.03. The fraction of sp³-hybridized carbons (Fsp3) is 0.367. The minimum atomic E-state index is -1.96. The zero-order chi connectivity index (χ0) is 25.3. The lowest BCUT2D eigenvalue weighted by molar-refractivity contribution is -0.140.